The zero-order chi connectivity index (χ0) is 14.7. The quantitative estimate of drug-likeness (QED) is 0.518. The van der Waals surface area contributed by atoms with Gasteiger partial charge in [-0.15, -0.1) is 6.58 Å². The number of imide groups is 1. The Kier molecular flexibility index (Phi) is 3.89. The number of nitrogens with one attached hydrogen (secondary N) is 1. The van der Waals surface area contributed by atoms with E-state index in [1.807, 2.05) is 25.1 Å². The number of urea groups is 1. The van der Waals surface area contributed by atoms with Gasteiger partial charge in [-0.3, -0.25) is 9.69 Å². The number of carbonyl (C=O) groups excluding carboxylic acids is 2. The van der Waals surface area contributed by atoms with Crippen LogP contribution in [-0.4, -0.2) is 30.5 Å². The number of hydrogen-bond donors (Lipinski definition) is 1. The number of ether oxygens (including phenoxy) is 1. The first-order valence-corrected chi connectivity index (χ1v) is 6.17. The standard InChI is InChI=1S/C15H16N2O3/c1-4-7-17-14(18)12(16-15(17)19)9-11-5-6-13(20-3)10(2)8-11/h4-6,8-9H,1,7H2,2-3H3,(H,16,19)/b12-9+. The van der Waals surface area contributed by atoms with Crippen molar-refractivity contribution in [2.45, 2.75) is 6.92 Å². The maximum Gasteiger partial charge on any atom is 0.329 e. The molecule has 5 nitrogen and oxygen atoms in total. The Morgan fingerprint density at radius 1 is 1.40 bits per heavy atom. The molecule has 2 rings (SSSR count). The molecule has 104 valence electrons. The number of benzene rings is 1. The number of aryl methyl sites for hydroxylation is 1. The number of nitrogens with zero attached hydrogens (tertiary/aromatic N) is 1. The highest BCUT2D eigenvalue weighted by atomic mass is 16.5. The fourth-order valence-corrected chi connectivity index (χ4v) is 2.02. The van der Waals surface area contributed by atoms with E-state index in [0.29, 0.717) is 0 Å². The lowest BCUT2D eigenvalue weighted by Gasteiger charge is -2.07. The Labute approximate surface area is 117 Å². The molecule has 0 saturated carbocycles. The van der Waals surface area contributed by atoms with Crippen LogP contribution in [0.25, 0.3) is 6.08 Å². The average Bonchev–Trinajstić information content (AvgIpc) is 2.67. The van der Waals surface area contributed by atoms with Crippen LogP contribution >= 0.6 is 0 Å². The third-order valence-electron chi connectivity index (χ3n) is 3.00. The molecule has 0 atom stereocenters. The van der Waals surface area contributed by atoms with E-state index in [4.69, 9.17) is 4.74 Å². The van der Waals surface area contributed by atoms with Crippen LogP contribution in [0.15, 0.2) is 36.6 Å². The van der Waals surface area contributed by atoms with E-state index >= 15 is 0 Å². The third-order valence-corrected chi connectivity index (χ3v) is 3.00. The summed E-state index contributed by atoms with van der Waals surface area (Å²) in [5.74, 6) is 0.436. The summed E-state index contributed by atoms with van der Waals surface area (Å²) in [4.78, 5) is 24.8. The summed E-state index contributed by atoms with van der Waals surface area (Å²) in [5.41, 5.74) is 2.05. The summed E-state index contributed by atoms with van der Waals surface area (Å²) in [6.07, 6.45) is 3.16. The second-order valence-corrected chi connectivity index (χ2v) is 4.42. The van der Waals surface area contributed by atoms with E-state index in [9.17, 15) is 9.59 Å². The van der Waals surface area contributed by atoms with Gasteiger partial charge >= 0.3 is 6.03 Å². The average molecular weight is 272 g/mol. The molecule has 1 saturated heterocycles. The molecule has 5 heteroatoms. The fraction of sp³-hybridized carbons (Fsp3) is 0.200. The van der Waals surface area contributed by atoms with Crippen molar-refractivity contribution in [3.8, 4) is 5.75 Å². The maximum atomic E-state index is 12.0. The molecule has 0 aromatic heterocycles. The molecule has 0 spiro atoms. The number of carbonyl (C=O) groups is 2. The second-order valence-electron chi connectivity index (χ2n) is 4.42. The molecule has 0 radical (unpaired) electrons. The third kappa shape index (κ3) is 2.56. The van der Waals surface area contributed by atoms with E-state index < -0.39 is 6.03 Å². The molecule has 3 amide bonds. The van der Waals surface area contributed by atoms with E-state index in [1.165, 1.54) is 6.08 Å². The summed E-state index contributed by atoms with van der Waals surface area (Å²) in [6.45, 7) is 5.64. The van der Waals surface area contributed by atoms with Crippen LogP contribution in [0.4, 0.5) is 4.79 Å². The van der Waals surface area contributed by atoms with Gasteiger partial charge in [0.15, 0.2) is 0 Å². The summed E-state index contributed by atoms with van der Waals surface area (Å²) < 4.78 is 5.18. The highest BCUT2D eigenvalue weighted by Gasteiger charge is 2.32. The smallest absolute Gasteiger partial charge is 0.329 e. The van der Waals surface area contributed by atoms with Gasteiger partial charge in [-0.2, -0.15) is 0 Å². The Morgan fingerprint density at radius 2 is 2.15 bits per heavy atom. The Balaban J connectivity index is 2.28. The van der Waals surface area contributed by atoms with Crippen molar-refractivity contribution in [1.29, 1.82) is 0 Å². The van der Waals surface area contributed by atoms with Gasteiger partial charge in [0, 0.05) is 6.54 Å². The minimum Gasteiger partial charge on any atom is -0.496 e. The number of methoxy groups -OCH3 is 1. The molecule has 20 heavy (non-hydrogen) atoms. The normalized spacial score (nSPS) is 16.5. The molecule has 1 aromatic rings. The Morgan fingerprint density at radius 3 is 2.75 bits per heavy atom. The van der Waals surface area contributed by atoms with Gasteiger partial charge in [-0.1, -0.05) is 12.1 Å². The van der Waals surface area contributed by atoms with Crippen molar-refractivity contribution in [3.63, 3.8) is 0 Å². The maximum absolute atomic E-state index is 12.0. The highest BCUT2D eigenvalue weighted by Crippen LogP contribution is 2.21. The van der Waals surface area contributed by atoms with Crippen LogP contribution in [0.5, 0.6) is 5.75 Å². The van der Waals surface area contributed by atoms with Gasteiger partial charge in [0.25, 0.3) is 5.91 Å². The van der Waals surface area contributed by atoms with Gasteiger partial charge in [0.1, 0.15) is 11.4 Å². The van der Waals surface area contributed by atoms with E-state index in [-0.39, 0.29) is 18.1 Å². The van der Waals surface area contributed by atoms with Gasteiger partial charge < -0.3 is 10.1 Å². The molecule has 1 fully saturated rings. The molecule has 1 aliphatic heterocycles. The van der Waals surface area contributed by atoms with Crippen LogP contribution in [0, 0.1) is 6.92 Å². The summed E-state index contributed by atoms with van der Waals surface area (Å²) >= 11 is 0. The molecule has 0 bridgehead atoms. The van der Waals surface area contributed by atoms with E-state index in [1.54, 1.807) is 13.2 Å². The summed E-state index contributed by atoms with van der Waals surface area (Å²) in [5, 5.41) is 2.55. The van der Waals surface area contributed by atoms with Crippen LogP contribution in [-0.2, 0) is 4.79 Å². The molecule has 1 aliphatic rings. The van der Waals surface area contributed by atoms with E-state index in [2.05, 4.69) is 11.9 Å². The van der Waals surface area contributed by atoms with Crippen LogP contribution < -0.4 is 10.1 Å². The van der Waals surface area contributed by atoms with E-state index in [0.717, 1.165) is 21.8 Å². The van der Waals surface area contributed by atoms with Crippen LogP contribution in [0.1, 0.15) is 11.1 Å². The molecule has 0 unspecified atom stereocenters. The number of amides is 3. The van der Waals surface area contributed by atoms with Crippen LogP contribution in [0.3, 0.4) is 0 Å². The Bertz CT molecular complexity index is 605. The monoisotopic (exact) mass is 272 g/mol. The number of hydrogen-bond acceptors (Lipinski definition) is 3. The minimum absolute atomic E-state index is 0.198. The summed E-state index contributed by atoms with van der Waals surface area (Å²) in [6, 6.07) is 5.12. The fourth-order valence-electron chi connectivity index (χ4n) is 2.02. The lowest BCUT2D eigenvalue weighted by Crippen LogP contribution is -2.30. The van der Waals surface area contributed by atoms with Crippen molar-refractivity contribution in [3.05, 3.63) is 47.7 Å². The van der Waals surface area contributed by atoms with Crippen molar-refractivity contribution < 1.29 is 14.3 Å². The second kappa shape index (κ2) is 5.61. The predicted molar refractivity (Wildman–Crippen MR) is 76.1 cm³/mol. The zero-order valence-electron chi connectivity index (χ0n) is 11.5. The van der Waals surface area contributed by atoms with Crippen molar-refractivity contribution in [2.75, 3.05) is 13.7 Å². The minimum atomic E-state index is -0.425. The molecule has 1 heterocycles. The molecular formula is C15H16N2O3. The van der Waals surface area contributed by atoms with Gasteiger partial charge in [-0.25, -0.2) is 4.79 Å². The highest BCUT2D eigenvalue weighted by molar-refractivity contribution is 6.14. The topological polar surface area (TPSA) is 58.6 Å². The molecule has 1 N–H and O–H groups in total. The first-order valence-electron chi connectivity index (χ1n) is 6.17. The van der Waals surface area contributed by atoms with Gasteiger partial charge in [0.2, 0.25) is 0 Å². The first-order chi connectivity index (χ1) is 9.56. The lowest BCUT2D eigenvalue weighted by atomic mass is 10.1. The van der Waals surface area contributed by atoms with Crippen molar-refractivity contribution >= 4 is 18.0 Å². The molecule has 1 aromatic carbocycles. The van der Waals surface area contributed by atoms with Crippen molar-refractivity contribution in [1.82, 2.24) is 10.2 Å². The number of rotatable bonds is 4. The lowest BCUT2D eigenvalue weighted by molar-refractivity contribution is -0.122. The largest absolute Gasteiger partial charge is 0.496 e. The molecule has 0 aliphatic carbocycles. The predicted octanol–water partition coefficient (Wildman–Crippen LogP) is 2.08. The first kappa shape index (κ1) is 13.9. The zero-order valence-corrected chi connectivity index (χ0v) is 11.5. The van der Waals surface area contributed by atoms with Gasteiger partial charge in [0.05, 0.1) is 7.11 Å². The molecular weight excluding hydrogens is 256 g/mol. The van der Waals surface area contributed by atoms with Crippen molar-refractivity contribution in [2.24, 2.45) is 0 Å². The Hall–Kier alpha value is -2.56. The SMILES string of the molecule is C=CCN1C(=O)N/C(=C/c2ccc(OC)c(C)c2)C1=O. The van der Waals surface area contributed by atoms with Gasteiger partial charge in [-0.05, 0) is 36.3 Å². The van der Waals surface area contributed by atoms with Crippen LogP contribution in [0.2, 0.25) is 0 Å². The summed E-state index contributed by atoms with van der Waals surface area (Å²) in [7, 11) is 1.61.